The van der Waals surface area contributed by atoms with Crippen molar-refractivity contribution in [2.45, 2.75) is 26.3 Å². The molecule has 0 aliphatic carbocycles. The number of halogens is 1. The third-order valence-electron chi connectivity index (χ3n) is 2.35. The van der Waals surface area contributed by atoms with Crippen molar-refractivity contribution in [1.82, 2.24) is 5.32 Å². The van der Waals surface area contributed by atoms with Crippen LogP contribution in [0.3, 0.4) is 0 Å². The molecule has 0 aliphatic heterocycles. The minimum absolute atomic E-state index is 0.146. The molecule has 1 atom stereocenters. The first-order valence-corrected chi connectivity index (χ1v) is 5.67. The number of carbonyl (C=O) groups excluding carboxylic acids is 1. The van der Waals surface area contributed by atoms with Crippen LogP contribution in [0.5, 0.6) is 0 Å². The average Bonchev–Trinajstić information content (AvgIpc) is 2.26. The number of carboxylic acids is 1. The van der Waals surface area contributed by atoms with Crippen LogP contribution in [0.15, 0.2) is 24.3 Å². The standard InChI is InChI=1S/C13H16FNO3/c1-8(2)7-11(16)15-12(13(17)18)9-3-5-10(14)6-4-9/h3-6,8,12H,7H2,1-2H3,(H,15,16)(H,17,18). The van der Waals surface area contributed by atoms with Crippen molar-refractivity contribution in [3.05, 3.63) is 35.6 Å². The Labute approximate surface area is 105 Å². The van der Waals surface area contributed by atoms with Gasteiger partial charge in [-0.05, 0) is 23.6 Å². The fourth-order valence-electron chi connectivity index (χ4n) is 1.53. The van der Waals surface area contributed by atoms with Crippen molar-refractivity contribution in [2.24, 2.45) is 5.92 Å². The first kappa shape index (κ1) is 14.2. The van der Waals surface area contributed by atoms with E-state index in [0.29, 0.717) is 5.56 Å². The molecular weight excluding hydrogens is 237 g/mol. The number of benzene rings is 1. The highest BCUT2D eigenvalue weighted by atomic mass is 19.1. The van der Waals surface area contributed by atoms with E-state index in [1.165, 1.54) is 24.3 Å². The van der Waals surface area contributed by atoms with E-state index in [0.717, 1.165) is 0 Å². The van der Waals surface area contributed by atoms with Crippen LogP contribution < -0.4 is 5.32 Å². The van der Waals surface area contributed by atoms with Gasteiger partial charge in [0.15, 0.2) is 6.04 Å². The molecule has 1 amide bonds. The molecule has 0 heterocycles. The topological polar surface area (TPSA) is 66.4 Å². The Bertz CT molecular complexity index is 428. The zero-order chi connectivity index (χ0) is 13.7. The Balaban J connectivity index is 2.80. The van der Waals surface area contributed by atoms with Gasteiger partial charge in [-0.3, -0.25) is 4.79 Å². The van der Waals surface area contributed by atoms with Crippen LogP contribution in [0.4, 0.5) is 4.39 Å². The van der Waals surface area contributed by atoms with Crippen molar-refractivity contribution in [3.8, 4) is 0 Å². The van der Waals surface area contributed by atoms with E-state index in [2.05, 4.69) is 5.32 Å². The van der Waals surface area contributed by atoms with Gasteiger partial charge in [-0.15, -0.1) is 0 Å². The van der Waals surface area contributed by atoms with Crippen molar-refractivity contribution in [1.29, 1.82) is 0 Å². The molecule has 5 heteroatoms. The summed E-state index contributed by atoms with van der Waals surface area (Å²) in [5.74, 6) is -1.80. The van der Waals surface area contributed by atoms with Crippen molar-refractivity contribution < 1.29 is 19.1 Å². The number of amides is 1. The van der Waals surface area contributed by atoms with Gasteiger partial charge in [0.1, 0.15) is 5.82 Å². The molecule has 18 heavy (non-hydrogen) atoms. The highest BCUT2D eigenvalue weighted by Crippen LogP contribution is 2.14. The second-order valence-electron chi connectivity index (χ2n) is 4.49. The van der Waals surface area contributed by atoms with Crippen LogP contribution in [-0.4, -0.2) is 17.0 Å². The highest BCUT2D eigenvalue weighted by molar-refractivity contribution is 5.84. The predicted molar refractivity (Wildman–Crippen MR) is 64.4 cm³/mol. The summed E-state index contributed by atoms with van der Waals surface area (Å²) in [7, 11) is 0. The lowest BCUT2D eigenvalue weighted by Crippen LogP contribution is -2.34. The third kappa shape index (κ3) is 4.16. The van der Waals surface area contributed by atoms with E-state index in [1.54, 1.807) is 0 Å². The molecule has 1 rings (SSSR count). The Hall–Kier alpha value is -1.91. The molecule has 0 fully saturated rings. The second kappa shape index (κ2) is 6.14. The number of hydrogen-bond donors (Lipinski definition) is 2. The van der Waals surface area contributed by atoms with E-state index in [9.17, 15) is 14.0 Å². The SMILES string of the molecule is CC(C)CC(=O)NC(C(=O)O)c1ccc(F)cc1. The molecule has 0 saturated carbocycles. The van der Waals surface area contributed by atoms with Crippen LogP contribution >= 0.6 is 0 Å². The van der Waals surface area contributed by atoms with Crippen molar-refractivity contribution in [2.75, 3.05) is 0 Å². The Kier molecular flexibility index (Phi) is 4.83. The van der Waals surface area contributed by atoms with Gasteiger partial charge in [-0.25, -0.2) is 9.18 Å². The van der Waals surface area contributed by atoms with E-state index < -0.39 is 17.8 Å². The summed E-state index contributed by atoms with van der Waals surface area (Å²) in [5.41, 5.74) is 0.348. The van der Waals surface area contributed by atoms with E-state index in [4.69, 9.17) is 5.11 Å². The highest BCUT2D eigenvalue weighted by Gasteiger charge is 2.22. The maximum atomic E-state index is 12.8. The van der Waals surface area contributed by atoms with Crippen LogP contribution in [0.25, 0.3) is 0 Å². The lowest BCUT2D eigenvalue weighted by atomic mass is 10.1. The summed E-state index contributed by atoms with van der Waals surface area (Å²) in [4.78, 5) is 22.7. The van der Waals surface area contributed by atoms with Crippen molar-refractivity contribution >= 4 is 11.9 Å². The summed E-state index contributed by atoms with van der Waals surface area (Å²) in [6, 6.07) is 3.89. The molecule has 2 N–H and O–H groups in total. The molecule has 0 saturated heterocycles. The van der Waals surface area contributed by atoms with Crippen LogP contribution in [0.2, 0.25) is 0 Å². The molecule has 0 radical (unpaired) electrons. The third-order valence-corrected chi connectivity index (χ3v) is 2.35. The van der Waals surface area contributed by atoms with Crippen LogP contribution in [-0.2, 0) is 9.59 Å². The zero-order valence-electron chi connectivity index (χ0n) is 10.3. The molecule has 0 bridgehead atoms. The fraction of sp³-hybridized carbons (Fsp3) is 0.385. The maximum absolute atomic E-state index is 12.8. The van der Waals surface area contributed by atoms with Crippen molar-refractivity contribution in [3.63, 3.8) is 0 Å². The van der Waals surface area contributed by atoms with Crippen LogP contribution in [0.1, 0.15) is 31.9 Å². The van der Waals surface area contributed by atoms with Gasteiger partial charge >= 0.3 is 5.97 Å². The van der Waals surface area contributed by atoms with E-state index in [-0.39, 0.29) is 18.2 Å². The smallest absolute Gasteiger partial charge is 0.330 e. The predicted octanol–water partition coefficient (Wildman–Crippen LogP) is 2.11. The number of carboxylic acid groups (broad SMARTS) is 1. The van der Waals surface area contributed by atoms with Gasteiger partial charge in [-0.1, -0.05) is 26.0 Å². The maximum Gasteiger partial charge on any atom is 0.330 e. The Morgan fingerprint density at radius 3 is 2.28 bits per heavy atom. The first-order valence-electron chi connectivity index (χ1n) is 5.67. The largest absolute Gasteiger partial charge is 0.479 e. The molecule has 4 nitrogen and oxygen atoms in total. The van der Waals surface area contributed by atoms with Gasteiger partial charge in [0, 0.05) is 6.42 Å². The number of aliphatic carboxylic acids is 1. The van der Waals surface area contributed by atoms with Gasteiger partial charge in [-0.2, -0.15) is 0 Å². The van der Waals surface area contributed by atoms with Gasteiger partial charge in [0.05, 0.1) is 0 Å². The number of carbonyl (C=O) groups is 2. The molecule has 1 aromatic rings. The van der Waals surface area contributed by atoms with Gasteiger partial charge in [0.2, 0.25) is 5.91 Å². The monoisotopic (exact) mass is 253 g/mol. The summed E-state index contributed by atoms with van der Waals surface area (Å²) in [6.07, 6.45) is 0.255. The van der Waals surface area contributed by atoms with Gasteiger partial charge < -0.3 is 10.4 Å². The Morgan fingerprint density at radius 2 is 1.83 bits per heavy atom. The summed E-state index contributed by atoms with van der Waals surface area (Å²) in [6.45, 7) is 3.74. The molecule has 1 aromatic carbocycles. The normalized spacial score (nSPS) is 12.2. The molecule has 1 unspecified atom stereocenters. The molecule has 98 valence electrons. The Morgan fingerprint density at radius 1 is 1.28 bits per heavy atom. The first-order chi connectivity index (χ1) is 8.40. The quantitative estimate of drug-likeness (QED) is 0.844. The van der Waals surface area contributed by atoms with Crippen LogP contribution in [0, 0.1) is 11.7 Å². The fourth-order valence-corrected chi connectivity index (χ4v) is 1.53. The minimum atomic E-state index is -1.17. The molecule has 0 spiro atoms. The summed E-state index contributed by atoms with van der Waals surface area (Å²) < 4.78 is 12.8. The lowest BCUT2D eigenvalue weighted by Gasteiger charge is -2.15. The average molecular weight is 253 g/mol. The molecular formula is C13H16FNO3. The summed E-state index contributed by atoms with van der Waals surface area (Å²) in [5, 5.41) is 11.5. The zero-order valence-corrected chi connectivity index (χ0v) is 10.3. The van der Waals surface area contributed by atoms with E-state index >= 15 is 0 Å². The molecule has 0 aromatic heterocycles. The molecule has 0 aliphatic rings. The van der Waals surface area contributed by atoms with E-state index in [1.807, 2.05) is 13.8 Å². The van der Waals surface area contributed by atoms with Gasteiger partial charge in [0.25, 0.3) is 0 Å². The minimum Gasteiger partial charge on any atom is -0.479 e. The lowest BCUT2D eigenvalue weighted by molar-refractivity contribution is -0.142. The summed E-state index contributed by atoms with van der Waals surface area (Å²) >= 11 is 0. The number of nitrogens with one attached hydrogen (secondary N) is 1. The number of hydrogen-bond acceptors (Lipinski definition) is 2. The number of rotatable bonds is 5. The second-order valence-corrected chi connectivity index (χ2v) is 4.49.